The average molecular weight is 650 g/mol. The van der Waals surface area contributed by atoms with Crippen molar-refractivity contribution in [1.82, 2.24) is 0 Å². The molecule has 0 saturated carbocycles. The highest BCUT2D eigenvalue weighted by Crippen LogP contribution is 2.52. The molecule has 4 nitrogen and oxygen atoms in total. The number of fused-ring (bicyclic) bond motifs is 4. The van der Waals surface area contributed by atoms with Crippen molar-refractivity contribution in [1.29, 1.82) is 0 Å². The summed E-state index contributed by atoms with van der Waals surface area (Å²) in [5.41, 5.74) is 6.14. The van der Waals surface area contributed by atoms with Crippen LogP contribution in [-0.2, 0) is 11.4 Å². The van der Waals surface area contributed by atoms with Gasteiger partial charge in [0, 0.05) is 28.3 Å². The zero-order valence-corrected chi connectivity index (χ0v) is 25.0. The Labute approximate surface area is 247 Å². The van der Waals surface area contributed by atoms with Gasteiger partial charge >= 0.3 is 0 Å². The van der Waals surface area contributed by atoms with E-state index >= 15 is 0 Å². The van der Waals surface area contributed by atoms with Gasteiger partial charge in [-0.05, 0) is 92.2 Å². The monoisotopic (exact) mass is 649 g/mol. The molecule has 1 atom stereocenters. The zero-order chi connectivity index (χ0) is 27.3. The highest BCUT2D eigenvalue weighted by molar-refractivity contribution is 14.1. The topological polar surface area (TPSA) is 47.6 Å². The molecule has 1 aliphatic carbocycles. The first kappa shape index (κ1) is 26.2. The number of anilines is 1. The molecule has 198 valence electrons. The van der Waals surface area contributed by atoms with Crippen LogP contribution >= 0.6 is 34.2 Å². The van der Waals surface area contributed by atoms with E-state index in [0.717, 1.165) is 43.5 Å². The number of methoxy groups -OCH3 is 1. The maximum atomic E-state index is 13.8. The summed E-state index contributed by atoms with van der Waals surface area (Å²) in [5, 5.41) is 6.78. The molecule has 39 heavy (non-hydrogen) atoms. The van der Waals surface area contributed by atoms with Crippen molar-refractivity contribution in [2.24, 2.45) is 5.41 Å². The molecular weight excluding hydrogens is 621 g/mol. The third-order valence-corrected chi connectivity index (χ3v) is 8.67. The van der Waals surface area contributed by atoms with Crippen LogP contribution in [-0.4, -0.2) is 12.9 Å². The lowest BCUT2D eigenvalue weighted by atomic mass is 9.68. The lowest BCUT2D eigenvalue weighted by molar-refractivity contribution is -0.118. The predicted molar refractivity (Wildman–Crippen MR) is 167 cm³/mol. The van der Waals surface area contributed by atoms with Gasteiger partial charge in [0.2, 0.25) is 0 Å². The third kappa shape index (κ3) is 4.91. The molecule has 0 radical (unpaired) electrons. The fourth-order valence-electron chi connectivity index (χ4n) is 5.87. The standard InChI is InChI=1S/C33H29ClINO3/c1-33(2)16-24-29-23-7-5-4-6-20(23)10-13-26(29)36-31(30(24)27(37)17-33)21-14-25(35)32(28(15-21)38-3)39-18-19-8-11-22(34)12-9-19/h4-15,31,36H,16-18H2,1-3H3/t31-/m0/s1. The molecular formula is C33H29ClINO3. The van der Waals surface area contributed by atoms with E-state index in [1.165, 1.54) is 10.8 Å². The predicted octanol–water partition coefficient (Wildman–Crippen LogP) is 8.99. The van der Waals surface area contributed by atoms with Crippen LogP contribution in [0.4, 0.5) is 5.69 Å². The molecule has 1 aliphatic heterocycles. The van der Waals surface area contributed by atoms with E-state index in [-0.39, 0.29) is 17.2 Å². The number of ether oxygens (including phenoxy) is 2. The van der Waals surface area contributed by atoms with E-state index in [2.05, 4.69) is 84.2 Å². The SMILES string of the molecule is COc1cc([C@@H]2Nc3ccc4ccccc4c3C3=C2C(=O)CC(C)(C)C3)cc(I)c1OCc1ccc(Cl)cc1. The van der Waals surface area contributed by atoms with E-state index in [4.69, 9.17) is 21.1 Å². The Hall–Kier alpha value is -3.03. The van der Waals surface area contributed by atoms with Gasteiger partial charge in [0.1, 0.15) is 6.61 Å². The van der Waals surface area contributed by atoms with E-state index < -0.39 is 0 Å². The van der Waals surface area contributed by atoms with Crippen LogP contribution in [0.2, 0.25) is 5.02 Å². The fourth-order valence-corrected chi connectivity index (χ4v) is 6.78. The number of hydrogen-bond acceptors (Lipinski definition) is 4. The number of halogens is 2. The van der Waals surface area contributed by atoms with Gasteiger partial charge in [-0.25, -0.2) is 0 Å². The van der Waals surface area contributed by atoms with Gasteiger partial charge in [-0.15, -0.1) is 0 Å². The van der Waals surface area contributed by atoms with Crippen LogP contribution in [0.25, 0.3) is 16.3 Å². The van der Waals surface area contributed by atoms with E-state index in [9.17, 15) is 4.79 Å². The van der Waals surface area contributed by atoms with Crippen molar-refractivity contribution in [2.75, 3.05) is 12.4 Å². The normalized spacial score (nSPS) is 17.9. The van der Waals surface area contributed by atoms with Crippen LogP contribution in [0.15, 0.2) is 78.4 Å². The van der Waals surface area contributed by atoms with Crippen molar-refractivity contribution in [3.05, 3.63) is 104 Å². The van der Waals surface area contributed by atoms with Gasteiger partial charge in [0.25, 0.3) is 0 Å². The summed E-state index contributed by atoms with van der Waals surface area (Å²) < 4.78 is 12.9. The van der Waals surface area contributed by atoms with E-state index in [1.807, 2.05) is 30.3 Å². The number of allylic oxidation sites excluding steroid dienone is 1. The number of benzene rings is 4. The highest BCUT2D eigenvalue weighted by Gasteiger charge is 2.41. The molecule has 4 aromatic rings. The number of hydrogen-bond donors (Lipinski definition) is 1. The van der Waals surface area contributed by atoms with Crippen LogP contribution in [0, 0.1) is 8.99 Å². The number of carbonyl (C=O) groups is 1. The Bertz CT molecular complexity index is 1640. The molecule has 6 rings (SSSR count). The number of carbonyl (C=O) groups excluding carboxylic acids is 1. The third-order valence-electron chi connectivity index (χ3n) is 7.62. The first-order valence-electron chi connectivity index (χ1n) is 13.0. The first-order chi connectivity index (χ1) is 18.7. The molecule has 0 bridgehead atoms. The summed E-state index contributed by atoms with van der Waals surface area (Å²) in [4.78, 5) is 13.8. The Morgan fingerprint density at radius 3 is 2.56 bits per heavy atom. The second-order valence-electron chi connectivity index (χ2n) is 11.1. The highest BCUT2D eigenvalue weighted by atomic mass is 127. The van der Waals surface area contributed by atoms with Crippen molar-refractivity contribution in [2.45, 2.75) is 39.3 Å². The smallest absolute Gasteiger partial charge is 0.174 e. The van der Waals surface area contributed by atoms with Crippen LogP contribution in [0.3, 0.4) is 0 Å². The Morgan fingerprint density at radius 1 is 1.03 bits per heavy atom. The van der Waals surface area contributed by atoms with Gasteiger partial charge in [0.05, 0.1) is 16.7 Å². The number of rotatable bonds is 5. The number of Topliss-reactive ketones (excluding diaryl/α,β-unsaturated/α-hetero) is 1. The maximum absolute atomic E-state index is 13.8. The minimum Gasteiger partial charge on any atom is -0.493 e. The Morgan fingerprint density at radius 2 is 1.79 bits per heavy atom. The van der Waals surface area contributed by atoms with Gasteiger partial charge in [0.15, 0.2) is 17.3 Å². The Balaban J connectivity index is 1.44. The van der Waals surface area contributed by atoms with Gasteiger partial charge in [-0.2, -0.15) is 0 Å². The Kier molecular flexibility index (Phi) is 6.84. The molecule has 0 fully saturated rings. The van der Waals surface area contributed by atoms with Crippen molar-refractivity contribution in [3.63, 3.8) is 0 Å². The van der Waals surface area contributed by atoms with Crippen LogP contribution in [0.1, 0.15) is 49.4 Å². The second kappa shape index (κ2) is 10.2. The summed E-state index contributed by atoms with van der Waals surface area (Å²) in [6.07, 6.45) is 1.38. The average Bonchev–Trinajstić information content (AvgIpc) is 2.91. The van der Waals surface area contributed by atoms with E-state index in [1.54, 1.807) is 7.11 Å². The minimum atomic E-state index is -0.273. The quantitative estimate of drug-likeness (QED) is 0.219. The van der Waals surface area contributed by atoms with E-state index in [0.29, 0.717) is 29.5 Å². The molecule has 0 aromatic heterocycles. The molecule has 0 saturated heterocycles. The fraction of sp³-hybridized carbons (Fsp3) is 0.242. The molecule has 2 aliphatic rings. The molecule has 1 heterocycles. The van der Waals surface area contributed by atoms with Crippen LogP contribution < -0.4 is 14.8 Å². The summed E-state index contributed by atoms with van der Waals surface area (Å²) in [5.74, 6) is 1.53. The molecule has 6 heteroatoms. The van der Waals surface area contributed by atoms with Crippen LogP contribution in [0.5, 0.6) is 11.5 Å². The van der Waals surface area contributed by atoms with Crippen molar-refractivity contribution >= 4 is 62.0 Å². The summed E-state index contributed by atoms with van der Waals surface area (Å²) in [7, 11) is 1.65. The lowest BCUT2D eigenvalue weighted by Gasteiger charge is -2.40. The van der Waals surface area contributed by atoms with Crippen molar-refractivity contribution in [3.8, 4) is 11.5 Å². The molecule has 0 amide bonds. The largest absolute Gasteiger partial charge is 0.493 e. The second-order valence-corrected chi connectivity index (χ2v) is 12.7. The minimum absolute atomic E-state index is 0.0997. The maximum Gasteiger partial charge on any atom is 0.174 e. The molecule has 4 aromatic carbocycles. The first-order valence-corrected chi connectivity index (χ1v) is 14.5. The lowest BCUT2D eigenvalue weighted by Crippen LogP contribution is -2.33. The molecule has 1 N–H and O–H groups in total. The van der Waals surface area contributed by atoms with Gasteiger partial charge < -0.3 is 14.8 Å². The summed E-state index contributed by atoms with van der Waals surface area (Å²) >= 11 is 8.33. The number of ketones is 1. The molecule has 0 spiro atoms. The van der Waals surface area contributed by atoms with Gasteiger partial charge in [-0.1, -0.05) is 67.9 Å². The zero-order valence-electron chi connectivity index (χ0n) is 22.1. The molecule has 0 unspecified atom stereocenters. The van der Waals surface area contributed by atoms with Gasteiger partial charge in [-0.3, -0.25) is 4.79 Å². The summed E-state index contributed by atoms with van der Waals surface area (Å²) in [6.45, 7) is 4.78. The van der Waals surface area contributed by atoms with Crippen molar-refractivity contribution < 1.29 is 14.3 Å². The number of nitrogens with one attached hydrogen (secondary N) is 1. The summed E-state index contributed by atoms with van der Waals surface area (Å²) in [6, 6.07) is 24.2.